The van der Waals surface area contributed by atoms with Crippen LogP contribution in [0.25, 0.3) is 6.08 Å². The third-order valence-corrected chi connectivity index (χ3v) is 2.98. The summed E-state index contributed by atoms with van der Waals surface area (Å²) in [5, 5.41) is 12.1. The van der Waals surface area contributed by atoms with Crippen molar-refractivity contribution in [3.8, 4) is 11.5 Å². The molecule has 0 heterocycles. The molecule has 5 nitrogen and oxygen atoms in total. The van der Waals surface area contributed by atoms with Crippen LogP contribution in [0.2, 0.25) is 0 Å². The molecule has 0 aliphatic rings. The molecule has 2 aromatic rings. The fourth-order valence-corrected chi connectivity index (χ4v) is 1.86. The number of phenols is 1. The molecule has 0 unspecified atom stereocenters. The second-order valence-electron chi connectivity index (χ2n) is 4.46. The Balaban J connectivity index is 2.10. The second kappa shape index (κ2) is 7.08. The molecule has 0 atom stereocenters. The summed E-state index contributed by atoms with van der Waals surface area (Å²) < 4.78 is 5.00. The number of carbonyl (C=O) groups excluding carboxylic acids is 2. The Morgan fingerprint density at radius 3 is 2.73 bits per heavy atom. The van der Waals surface area contributed by atoms with Crippen LogP contribution < -0.4 is 10.1 Å². The average molecular weight is 297 g/mol. The minimum Gasteiger partial charge on any atom is -0.504 e. The molecular weight excluding hydrogens is 282 g/mol. The molecule has 0 radical (unpaired) electrons. The number of aromatic hydroxyl groups is 1. The number of benzene rings is 2. The number of amides is 1. The summed E-state index contributed by atoms with van der Waals surface area (Å²) in [6, 6.07) is 11.5. The van der Waals surface area contributed by atoms with Gasteiger partial charge in [-0.2, -0.15) is 0 Å². The van der Waals surface area contributed by atoms with Gasteiger partial charge in [0.05, 0.1) is 12.8 Å². The SMILES string of the molecule is COc1cc(/C=C/C(=O)Nc2ccccc2C=O)ccc1O. The fourth-order valence-electron chi connectivity index (χ4n) is 1.86. The largest absolute Gasteiger partial charge is 0.504 e. The maximum Gasteiger partial charge on any atom is 0.248 e. The predicted molar refractivity (Wildman–Crippen MR) is 84.2 cm³/mol. The summed E-state index contributed by atoms with van der Waals surface area (Å²) in [4.78, 5) is 22.8. The highest BCUT2D eigenvalue weighted by atomic mass is 16.5. The minimum absolute atomic E-state index is 0.0315. The van der Waals surface area contributed by atoms with Crippen molar-refractivity contribution in [2.45, 2.75) is 0 Å². The van der Waals surface area contributed by atoms with Crippen molar-refractivity contribution in [1.82, 2.24) is 0 Å². The topological polar surface area (TPSA) is 75.6 Å². The van der Waals surface area contributed by atoms with Gasteiger partial charge in [0.2, 0.25) is 5.91 Å². The van der Waals surface area contributed by atoms with E-state index in [4.69, 9.17) is 4.74 Å². The Morgan fingerprint density at radius 1 is 1.23 bits per heavy atom. The van der Waals surface area contributed by atoms with Crippen LogP contribution in [0, 0.1) is 0 Å². The Hall–Kier alpha value is -3.08. The highest BCUT2D eigenvalue weighted by molar-refractivity contribution is 6.04. The molecule has 2 N–H and O–H groups in total. The normalized spacial score (nSPS) is 10.4. The van der Waals surface area contributed by atoms with Crippen molar-refractivity contribution < 1.29 is 19.4 Å². The lowest BCUT2D eigenvalue weighted by Gasteiger charge is -2.05. The average Bonchev–Trinajstić information content (AvgIpc) is 2.54. The van der Waals surface area contributed by atoms with E-state index >= 15 is 0 Å². The first-order chi connectivity index (χ1) is 10.6. The molecule has 0 saturated carbocycles. The Morgan fingerprint density at radius 2 is 2.00 bits per heavy atom. The van der Waals surface area contributed by atoms with Gasteiger partial charge in [0.1, 0.15) is 0 Å². The Labute approximate surface area is 127 Å². The van der Waals surface area contributed by atoms with Gasteiger partial charge in [-0.1, -0.05) is 18.2 Å². The number of hydrogen-bond donors (Lipinski definition) is 2. The van der Waals surface area contributed by atoms with Crippen LogP contribution in [0.5, 0.6) is 11.5 Å². The number of ether oxygens (including phenoxy) is 1. The van der Waals surface area contributed by atoms with Gasteiger partial charge in [-0.3, -0.25) is 9.59 Å². The number of phenolic OH excluding ortho intramolecular Hbond substituents is 1. The Kier molecular flexibility index (Phi) is 4.93. The van der Waals surface area contributed by atoms with Crippen molar-refractivity contribution in [1.29, 1.82) is 0 Å². The Bertz CT molecular complexity index is 722. The van der Waals surface area contributed by atoms with E-state index < -0.39 is 0 Å². The lowest BCUT2D eigenvalue weighted by atomic mass is 10.1. The molecule has 0 saturated heterocycles. The van der Waals surface area contributed by atoms with E-state index in [-0.39, 0.29) is 11.7 Å². The van der Waals surface area contributed by atoms with E-state index in [1.165, 1.54) is 19.3 Å². The lowest BCUT2D eigenvalue weighted by molar-refractivity contribution is -0.111. The van der Waals surface area contributed by atoms with Crippen LogP contribution in [-0.4, -0.2) is 24.4 Å². The fraction of sp³-hybridized carbons (Fsp3) is 0.0588. The zero-order valence-corrected chi connectivity index (χ0v) is 11.9. The highest BCUT2D eigenvalue weighted by Crippen LogP contribution is 2.26. The van der Waals surface area contributed by atoms with Crippen molar-refractivity contribution in [3.05, 3.63) is 59.7 Å². The summed E-state index contributed by atoms with van der Waals surface area (Å²) in [7, 11) is 1.45. The molecule has 0 bridgehead atoms. The van der Waals surface area contributed by atoms with Crippen molar-refractivity contribution in [3.63, 3.8) is 0 Å². The molecule has 2 rings (SSSR count). The van der Waals surface area contributed by atoms with Crippen LogP contribution in [0.3, 0.4) is 0 Å². The van der Waals surface area contributed by atoms with Gasteiger partial charge >= 0.3 is 0 Å². The van der Waals surface area contributed by atoms with Gasteiger partial charge in [-0.05, 0) is 35.9 Å². The van der Waals surface area contributed by atoms with Crippen LogP contribution in [0.4, 0.5) is 5.69 Å². The number of para-hydroxylation sites is 1. The zero-order chi connectivity index (χ0) is 15.9. The number of methoxy groups -OCH3 is 1. The van der Waals surface area contributed by atoms with Gasteiger partial charge in [0.25, 0.3) is 0 Å². The first kappa shape index (κ1) is 15.3. The molecular formula is C17H15NO4. The summed E-state index contributed by atoms with van der Waals surface area (Å²) in [5.74, 6) is -0.000729. The molecule has 22 heavy (non-hydrogen) atoms. The summed E-state index contributed by atoms with van der Waals surface area (Å²) in [5.41, 5.74) is 1.57. The first-order valence-electron chi connectivity index (χ1n) is 6.54. The van der Waals surface area contributed by atoms with Crippen LogP contribution in [-0.2, 0) is 4.79 Å². The maximum absolute atomic E-state index is 11.9. The van der Waals surface area contributed by atoms with Gasteiger partial charge in [0, 0.05) is 11.6 Å². The van der Waals surface area contributed by atoms with Crippen molar-refractivity contribution >= 4 is 24.0 Å². The van der Waals surface area contributed by atoms with Gasteiger partial charge in [0.15, 0.2) is 17.8 Å². The monoisotopic (exact) mass is 297 g/mol. The van der Waals surface area contributed by atoms with Gasteiger partial charge in [-0.15, -0.1) is 0 Å². The number of nitrogens with one attached hydrogen (secondary N) is 1. The van der Waals surface area contributed by atoms with E-state index in [0.29, 0.717) is 28.8 Å². The molecule has 2 aromatic carbocycles. The van der Waals surface area contributed by atoms with Gasteiger partial charge < -0.3 is 15.2 Å². The molecule has 0 spiro atoms. The van der Waals surface area contributed by atoms with E-state index in [0.717, 1.165) is 0 Å². The quantitative estimate of drug-likeness (QED) is 0.657. The van der Waals surface area contributed by atoms with Crippen molar-refractivity contribution in [2.75, 3.05) is 12.4 Å². The standard InChI is InChI=1S/C17H15NO4/c1-22-16-10-12(6-8-15(16)20)7-9-17(21)18-14-5-3-2-4-13(14)11-19/h2-11,20H,1H3,(H,18,21)/b9-7+. The number of anilines is 1. The smallest absolute Gasteiger partial charge is 0.248 e. The molecule has 0 aromatic heterocycles. The maximum atomic E-state index is 11.9. The predicted octanol–water partition coefficient (Wildman–Crippen LogP) is 2.87. The third kappa shape index (κ3) is 3.73. The summed E-state index contributed by atoms with van der Waals surface area (Å²) >= 11 is 0. The molecule has 0 aliphatic carbocycles. The number of hydrogen-bond acceptors (Lipinski definition) is 4. The summed E-state index contributed by atoms with van der Waals surface area (Å²) in [6.07, 6.45) is 3.61. The second-order valence-corrected chi connectivity index (χ2v) is 4.46. The van der Waals surface area contributed by atoms with Crippen molar-refractivity contribution in [2.24, 2.45) is 0 Å². The highest BCUT2D eigenvalue weighted by Gasteiger charge is 2.04. The molecule has 1 amide bonds. The molecule has 112 valence electrons. The number of carbonyl (C=O) groups is 2. The lowest BCUT2D eigenvalue weighted by Crippen LogP contribution is -2.09. The van der Waals surface area contributed by atoms with Crippen LogP contribution >= 0.6 is 0 Å². The van der Waals surface area contributed by atoms with Crippen LogP contribution in [0.1, 0.15) is 15.9 Å². The number of aldehydes is 1. The minimum atomic E-state index is -0.360. The first-order valence-corrected chi connectivity index (χ1v) is 6.54. The zero-order valence-electron chi connectivity index (χ0n) is 11.9. The van der Waals surface area contributed by atoms with E-state index in [9.17, 15) is 14.7 Å². The molecule has 5 heteroatoms. The van der Waals surface area contributed by atoms with Crippen LogP contribution in [0.15, 0.2) is 48.5 Å². The van der Waals surface area contributed by atoms with E-state index in [1.807, 2.05) is 0 Å². The number of rotatable bonds is 5. The van der Waals surface area contributed by atoms with E-state index in [2.05, 4.69) is 5.32 Å². The third-order valence-electron chi connectivity index (χ3n) is 2.98. The van der Waals surface area contributed by atoms with E-state index in [1.54, 1.807) is 42.5 Å². The van der Waals surface area contributed by atoms with Gasteiger partial charge in [-0.25, -0.2) is 0 Å². The summed E-state index contributed by atoms with van der Waals surface area (Å²) in [6.45, 7) is 0. The molecule has 0 aliphatic heterocycles. The molecule has 0 fully saturated rings.